The van der Waals surface area contributed by atoms with Crippen LogP contribution in [0.3, 0.4) is 0 Å². The van der Waals surface area contributed by atoms with Crippen molar-refractivity contribution >= 4 is 33.3 Å². The molecule has 0 aliphatic rings. The van der Waals surface area contributed by atoms with E-state index in [0.717, 1.165) is 22.0 Å². The molecular weight excluding hydrogens is 392 g/mol. The number of hydrogen-bond acceptors (Lipinski definition) is 4. The van der Waals surface area contributed by atoms with Crippen molar-refractivity contribution in [2.75, 3.05) is 5.32 Å². The lowest BCUT2D eigenvalue weighted by molar-refractivity contribution is -0.124. The summed E-state index contributed by atoms with van der Waals surface area (Å²) in [5.41, 5.74) is 2.46. The second-order valence-electron chi connectivity index (χ2n) is 8.38. The average Bonchev–Trinajstić information content (AvgIpc) is 3.38. The summed E-state index contributed by atoms with van der Waals surface area (Å²) in [7, 11) is 0. The van der Waals surface area contributed by atoms with Gasteiger partial charge in [-0.3, -0.25) is 9.48 Å². The van der Waals surface area contributed by atoms with Gasteiger partial charge in [0, 0.05) is 35.1 Å². The van der Waals surface area contributed by atoms with E-state index in [2.05, 4.69) is 59.7 Å². The minimum Gasteiger partial charge on any atom is -0.301 e. The zero-order valence-electron chi connectivity index (χ0n) is 17.7. The zero-order valence-corrected chi connectivity index (χ0v) is 18.5. The summed E-state index contributed by atoms with van der Waals surface area (Å²) < 4.78 is 1.98. The number of amides is 1. The maximum absolute atomic E-state index is 13.3. The Balaban J connectivity index is 1.78. The van der Waals surface area contributed by atoms with Crippen LogP contribution in [0.5, 0.6) is 0 Å². The molecule has 1 atom stereocenters. The fraction of sp³-hybridized carbons (Fsp3) is 0.292. The molecule has 0 bridgehead atoms. The summed E-state index contributed by atoms with van der Waals surface area (Å²) in [5, 5.41) is 11.2. The second-order valence-corrected chi connectivity index (χ2v) is 9.27. The maximum atomic E-state index is 13.3. The number of hydrogen-bond donors (Lipinski definition) is 1. The highest BCUT2D eigenvalue weighted by Gasteiger charge is 2.39. The molecule has 2 aromatic heterocycles. The molecule has 4 rings (SSSR count). The first-order chi connectivity index (χ1) is 14.4. The van der Waals surface area contributed by atoms with Gasteiger partial charge in [-0.05, 0) is 37.1 Å². The van der Waals surface area contributed by atoms with E-state index in [1.807, 2.05) is 48.2 Å². The Bertz CT molecular complexity index is 1150. The molecule has 0 fully saturated rings. The third kappa shape index (κ3) is 3.87. The number of aromatic nitrogens is 3. The van der Waals surface area contributed by atoms with Gasteiger partial charge in [0.25, 0.3) is 0 Å². The van der Waals surface area contributed by atoms with Crippen LogP contribution in [0.25, 0.3) is 10.9 Å². The minimum atomic E-state index is -0.700. The van der Waals surface area contributed by atoms with Crippen molar-refractivity contribution in [2.24, 2.45) is 5.41 Å². The Morgan fingerprint density at radius 2 is 1.87 bits per heavy atom. The van der Waals surface area contributed by atoms with Crippen molar-refractivity contribution in [1.82, 2.24) is 14.8 Å². The molecular formula is C24H26N4OS. The molecule has 5 nitrogen and oxygen atoms in total. The molecule has 4 aromatic rings. The number of anilines is 1. The number of rotatable bonds is 6. The van der Waals surface area contributed by atoms with Crippen molar-refractivity contribution in [3.63, 3.8) is 0 Å². The van der Waals surface area contributed by atoms with E-state index in [9.17, 15) is 4.79 Å². The lowest BCUT2D eigenvalue weighted by atomic mass is 9.70. The molecule has 0 aliphatic heterocycles. The molecule has 0 spiro atoms. The zero-order chi connectivity index (χ0) is 21.3. The predicted molar refractivity (Wildman–Crippen MR) is 123 cm³/mol. The molecule has 1 unspecified atom stereocenters. The highest BCUT2D eigenvalue weighted by Crippen LogP contribution is 2.42. The first-order valence-electron chi connectivity index (χ1n) is 10.1. The third-order valence-electron chi connectivity index (χ3n) is 5.50. The molecule has 0 aliphatic carbocycles. The predicted octanol–water partition coefficient (Wildman–Crippen LogP) is 5.87. The van der Waals surface area contributed by atoms with Crippen LogP contribution in [0.1, 0.15) is 50.8 Å². The topological polar surface area (TPSA) is 59.8 Å². The lowest BCUT2D eigenvalue weighted by Gasteiger charge is -2.33. The summed E-state index contributed by atoms with van der Waals surface area (Å²) in [6, 6.07) is 16.8. The van der Waals surface area contributed by atoms with Gasteiger partial charge in [0.1, 0.15) is 0 Å². The standard InChI is InChI=1S/C24H26N4OS/c1-16(2)28-15-19-14-18(10-11-20(19)27-28)21(17-8-6-5-7-9-17)24(3,4)22(29)26-23-25-12-13-30-23/h5-16,21H,1-4H3,(H,25,26,29). The van der Waals surface area contributed by atoms with Crippen LogP contribution in [-0.4, -0.2) is 20.7 Å². The summed E-state index contributed by atoms with van der Waals surface area (Å²) in [5.74, 6) is -0.172. The van der Waals surface area contributed by atoms with Crippen LogP contribution < -0.4 is 5.32 Å². The van der Waals surface area contributed by atoms with Gasteiger partial charge in [0.05, 0.1) is 10.9 Å². The second kappa shape index (κ2) is 8.03. The minimum absolute atomic E-state index is 0.0516. The Kier molecular flexibility index (Phi) is 5.43. The molecule has 30 heavy (non-hydrogen) atoms. The van der Waals surface area contributed by atoms with Gasteiger partial charge in [-0.2, -0.15) is 5.10 Å². The molecule has 1 amide bonds. The first kappa shape index (κ1) is 20.3. The lowest BCUT2D eigenvalue weighted by Crippen LogP contribution is -2.37. The smallest absolute Gasteiger partial charge is 0.232 e. The van der Waals surface area contributed by atoms with E-state index in [1.165, 1.54) is 11.3 Å². The normalized spacial score (nSPS) is 13.0. The van der Waals surface area contributed by atoms with E-state index in [4.69, 9.17) is 0 Å². The van der Waals surface area contributed by atoms with Crippen molar-refractivity contribution in [2.45, 2.75) is 39.7 Å². The summed E-state index contributed by atoms with van der Waals surface area (Å²) >= 11 is 1.42. The summed E-state index contributed by atoms with van der Waals surface area (Å²) in [6.45, 7) is 8.22. The number of nitrogens with one attached hydrogen (secondary N) is 1. The van der Waals surface area contributed by atoms with Gasteiger partial charge in [0.15, 0.2) is 5.13 Å². The fourth-order valence-electron chi connectivity index (χ4n) is 3.85. The van der Waals surface area contributed by atoms with E-state index in [1.54, 1.807) is 6.20 Å². The molecule has 2 aromatic carbocycles. The quantitative estimate of drug-likeness (QED) is 0.426. The van der Waals surface area contributed by atoms with Crippen molar-refractivity contribution in [3.05, 3.63) is 77.4 Å². The van der Waals surface area contributed by atoms with Crippen LogP contribution in [0.4, 0.5) is 5.13 Å². The van der Waals surface area contributed by atoms with Gasteiger partial charge >= 0.3 is 0 Å². The van der Waals surface area contributed by atoms with Crippen LogP contribution in [-0.2, 0) is 4.79 Å². The maximum Gasteiger partial charge on any atom is 0.232 e. The van der Waals surface area contributed by atoms with Crippen LogP contribution in [0.15, 0.2) is 66.3 Å². The molecule has 0 saturated heterocycles. The van der Waals surface area contributed by atoms with Crippen LogP contribution in [0, 0.1) is 5.41 Å². The van der Waals surface area contributed by atoms with Gasteiger partial charge in [0.2, 0.25) is 5.91 Å². The number of carbonyl (C=O) groups is 1. The third-order valence-corrected chi connectivity index (χ3v) is 6.19. The average molecular weight is 419 g/mol. The summed E-state index contributed by atoms with van der Waals surface area (Å²) in [6.07, 6.45) is 3.77. The number of nitrogens with zero attached hydrogens (tertiary/aromatic N) is 3. The first-order valence-corrected chi connectivity index (χ1v) is 11.0. The van der Waals surface area contributed by atoms with Crippen molar-refractivity contribution in [3.8, 4) is 0 Å². The van der Waals surface area contributed by atoms with Crippen molar-refractivity contribution < 1.29 is 4.79 Å². The van der Waals surface area contributed by atoms with E-state index < -0.39 is 5.41 Å². The van der Waals surface area contributed by atoms with Gasteiger partial charge in [-0.25, -0.2) is 4.98 Å². The number of benzene rings is 2. The van der Waals surface area contributed by atoms with Crippen molar-refractivity contribution in [1.29, 1.82) is 0 Å². The molecule has 154 valence electrons. The number of carbonyl (C=O) groups excluding carboxylic acids is 1. The summed E-state index contributed by atoms with van der Waals surface area (Å²) in [4.78, 5) is 17.5. The van der Waals surface area contributed by atoms with Gasteiger partial charge in [-0.1, -0.05) is 50.2 Å². The fourth-order valence-corrected chi connectivity index (χ4v) is 4.38. The Morgan fingerprint density at radius 3 is 2.53 bits per heavy atom. The highest BCUT2D eigenvalue weighted by atomic mass is 32.1. The van der Waals surface area contributed by atoms with Crippen LogP contribution in [0.2, 0.25) is 0 Å². The number of fused-ring (bicyclic) bond motifs is 1. The Morgan fingerprint density at radius 1 is 1.10 bits per heavy atom. The molecule has 2 heterocycles. The largest absolute Gasteiger partial charge is 0.301 e. The SMILES string of the molecule is CC(C)n1cc2cc(C(c3ccccc3)C(C)(C)C(=O)Nc3nccs3)ccc2n1. The Labute approximate surface area is 180 Å². The van der Waals surface area contributed by atoms with Crippen LogP contribution >= 0.6 is 11.3 Å². The van der Waals surface area contributed by atoms with E-state index >= 15 is 0 Å². The van der Waals surface area contributed by atoms with Gasteiger partial charge in [-0.15, -0.1) is 11.3 Å². The Hall–Kier alpha value is -2.99. The van der Waals surface area contributed by atoms with E-state index in [-0.39, 0.29) is 11.8 Å². The van der Waals surface area contributed by atoms with E-state index in [0.29, 0.717) is 11.2 Å². The van der Waals surface area contributed by atoms with Gasteiger partial charge < -0.3 is 5.32 Å². The molecule has 1 N–H and O–H groups in total. The molecule has 0 radical (unpaired) electrons. The monoisotopic (exact) mass is 418 g/mol. The number of thiazole rings is 1. The highest BCUT2D eigenvalue weighted by molar-refractivity contribution is 7.13. The molecule has 0 saturated carbocycles. The molecule has 6 heteroatoms.